The topological polar surface area (TPSA) is 132 Å². The first-order valence-electron chi connectivity index (χ1n) is 19.6. The predicted octanol–water partition coefficient (Wildman–Crippen LogP) is 8.22. The van der Waals surface area contributed by atoms with Gasteiger partial charge in [-0.3, -0.25) is 10.2 Å². The maximum atomic E-state index is 13.4. The van der Waals surface area contributed by atoms with Crippen molar-refractivity contribution in [3.63, 3.8) is 0 Å². The van der Waals surface area contributed by atoms with Gasteiger partial charge in [0.25, 0.3) is 12.1 Å². The minimum atomic E-state index is -3.16. The number of methoxy groups -OCH3 is 1. The van der Waals surface area contributed by atoms with E-state index in [9.17, 15) is 9.59 Å². The number of alkyl halides is 3. The first-order valence-corrected chi connectivity index (χ1v) is 26.4. The summed E-state index contributed by atoms with van der Waals surface area (Å²) in [6, 6.07) is 28.4. The molecule has 16 heteroatoms. The number of carbonyl (C=O) groups is 2. The normalized spacial score (nSPS) is 20.2. The number of carbonyl (C=O) groups excluding carboxylic acids is 2. The number of halogens is 3. The Kier molecular flexibility index (Phi) is 18.0. The molecule has 3 aromatic rings. The molecule has 1 fully saturated rings. The molecule has 1 unspecified atom stereocenters. The van der Waals surface area contributed by atoms with E-state index in [0.717, 1.165) is 22.0 Å². The van der Waals surface area contributed by atoms with Gasteiger partial charge < -0.3 is 42.4 Å². The fraction of sp³-hybridized carbons (Fsp3) is 0.512. The third kappa shape index (κ3) is 14.1. The van der Waals surface area contributed by atoms with Crippen molar-refractivity contribution in [1.29, 1.82) is 5.41 Å². The zero-order valence-corrected chi connectivity index (χ0v) is 39.4. The molecule has 1 aliphatic rings. The fourth-order valence-electron chi connectivity index (χ4n) is 6.74. The van der Waals surface area contributed by atoms with Gasteiger partial charge in [0.1, 0.15) is 36.6 Å². The number of Topliss-reactive ketones (excluding diaryl/α,β-unsaturated/α-hetero) is 1. The molecule has 0 bridgehead atoms. The van der Waals surface area contributed by atoms with E-state index in [4.69, 9.17) is 77.8 Å². The summed E-state index contributed by atoms with van der Waals surface area (Å²) in [6.45, 7) is 14.9. The summed E-state index contributed by atoms with van der Waals surface area (Å²) < 4.78 is 48.3. The molecule has 3 aromatic carbocycles. The Morgan fingerprint density at radius 1 is 0.797 bits per heavy atom. The Morgan fingerprint density at radius 2 is 1.39 bits per heavy atom. The summed E-state index contributed by atoms with van der Waals surface area (Å²) in [7, 11) is -3.02. The van der Waals surface area contributed by atoms with Crippen LogP contribution in [0.4, 0.5) is 0 Å². The summed E-state index contributed by atoms with van der Waals surface area (Å²) in [6.07, 6.45) is -6.29. The number of rotatable bonds is 20. The van der Waals surface area contributed by atoms with Crippen molar-refractivity contribution >= 4 is 79.2 Å². The quantitative estimate of drug-likeness (QED) is 0.0225. The first kappa shape index (κ1) is 48.8. The highest BCUT2D eigenvalue weighted by Crippen LogP contribution is 2.39. The van der Waals surface area contributed by atoms with Crippen molar-refractivity contribution in [1.82, 2.24) is 0 Å². The van der Waals surface area contributed by atoms with E-state index in [2.05, 4.69) is 64.7 Å². The van der Waals surface area contributed by atoms with Crippen molar-refractivity contribution < 1.29 is 47.2 Å². The minimum Gasteiger partial charge on any atom is -0.497 e. The molecular formula is C43H58Cl3NO10Si2. The molecule has 59 heavy (non-hydrogen) atoms. The summed E-state index contributed by atoms with van der Waals surface area (Å²) in [4.78, 5) is 25.3. The zero-order valence-electron chi connectivity index (χ0n) is 35.1. The standard InChI is InChI=1S/C43H58Cl3NO10Si2/c1-30(48)19-24-36(49)56-39-38(52-27-31-20-22-32(50-5)23-21-31)37(53-29-51-25-26-58(6,7)8)35(55-40(39)57-41(47)43(44,45)46)28-54-59(42(2,3)4,33-15-11-9-12-16-33)34-17-13-10-14-18-34/h9-18,20-23,35,37-40,47H,19,24-29H2,1-8H3/t35-,37+,38+,39-,40?/m1/s1. The molecular weight excluding hydrogens is 853 g/mol. The molecule has 0 spiro atoms. The van der Waals surface area contributed by atoms with Gasteiger partial charge in [-0.2, -0.15) is 0 Å². The van der Waals surface area contributed by atoms with Crippen LogP contribution < -0.4 is 15.1 Å². The molecule has 0 aliphatic carbocycles. The number of ketones is 1. The van der Waals surface area contributed by atoms with Crippen LogP contribution in [0.15, 0.2) is 84.9 Å². The van der Waals surface area contributed by atoms with Crippen LogP contribution in [0.2, 0.25) is 30.7 Å². The van der Waals surface area contributed by atoms with Gasteiger partial charge in [0.15, 0.2) is 6.10 Å². The molecule has 1 heterocycles. The Bertz CT molecular complexity index is 1750. The molecule has 1 saturated heterocycles. The molecule has 0 radical (unpaired) electrons. The lowest BCUT2D eigenvalue weighted by molar-refractivity contribution is -0.310. The second kappa shape index (κ2) is 21.8. The number of ether oxygens (including phenoxy) is 7. The van der Waals surface area contributed by atoms with Gasteiger partial charge in [-0.15, -0.1) is 0 Å². The molecule has 0 aromatic heterocycles. The average Bonchev–Trinajstić information content (AvgIpc) is 3.17. The molecule has 4 rings (SSSR count). The number of hydrogen-bond donors (Lipinski definition) is 1. The Morgan fingerprint density at radius 3 is 1.90 bits per heavy atom. The maximum absolute atomic E-state index is 13.4. The lowest BCUT2D eigenvalue weighted by Gasteiger charge is -2.48. The first-order chi connectivity index (χ1) is 27.7. The molecule has 1 aliphatic heterocycles. The number of esters is 1. The Hall–Kier alpha value is -2.83. The number of benzene rings is 3. The van der Waals surface area contributed by atoms with Crippen LogP contribution in [0.3, 0.4) is 0 Å². The van der Waals surface area contributed by atoms with Crippen molar-refractivity contribution in [3.05, 3.63) is 90.5 Å². The molecule has 1 N–H and O–H groups in total. The molecule has 324 valence electrons. The second-order valence-corrected chi connectivity index (χ2v) is 28.9. The van der Waals surface area contributed by atoms with Crippen LogP contribution in [0.25, 0.3) is 0 Å². The van der Waals surface area contributed by atoms with Crippen LogP contribution >= 0.6 is 34.8 Å². The second-order valence-electron chi connectivity index (χ2n) is 16.7. The van der Waals surface area contributed by atoms with Crippen LogP contribution in [0.1, 0.15) is 46.1 Å². The maximum Gasteiger partial charge on any atom is 0.306 e. The molecule has 0 amide bonds. The highest BCUT2D eigenvalue weighted by Gasteiger charge is 2.55. The van der Waals surface area contributed by atoms with Crippen LogP contribution in [0.5, 0.6) is 5.75 Å². The van der Waals surface area contributed by atoms with Crippen molar-refractivity contribution in [3.8, 4) is 5.75 Å². The van der Waals surface area contributed by atoms with Crippen LogP contribution in [-0.2, 0) is 49.0 Å². The smallest absolute Gasteiger partial charge is 0.306 e. The average molecular weight is 911 g/mol. The number of hydrogen-bond acceptors (Lipinski definition) is 11. The van der Waals surface area contributed by atoms with E-state index >= 15 is 0 Å². The minimum absolute atomic E-state index is 0.0312. The molecule has 0 saturated carbocycles. The molecule has 5 atom stereocenters. The van der Waals surface area contributed by atoms with Gasteiger partial charge in [0, 0.05) is 21.1 Å². The van der Waals surface area contributed by atoms with Crippen LogP contribution in [0, 0.1) is 5.41 Å². The van der Waals surface area contributed by atoms with Crippen molar-refractivity contribution in [2.24, 2.45) is 0 Å². The lowest BCUT2D eigenvalue weighted by Crippen LogP contribution is -2.68. The highest BCUT2D eigenvalue weighted by molar-refractivity contribution is 6.99. The van der Waals surface area contributed by atoms with E-state index in [0.29, 0.717) is 12.4 Å². The Labute approximate surface area is 365 Å². The summed E-state index contributed by atoms with van der Waals surface area (Å²) in [5.41, 5.74) is 0.774. The van der Waals surface area contributed by atoms with Crippen LogP contribution in [-0.4, -0.2) is 95.7 Å². The van der Waals surface area contributed by atoms with Gasteiger partial charge in [0.05, 0.1) is 26.7 Å². The van der Waals surface area contributed by atoms with E-state index in [1.165, 1.54) is 6.92 Å². The Balaban J connectivity index is 1.84. The third-order valence-corrected chi connectivity index (χ3v) is 17.1. The summed E-state index contributed by atoms with van der Waals surface area (Å²) in [5.74, 6) is -1.04. The SMILES string of the molecule is COc1ccc(CO[C@H]2[C@@H](OCOCC[Si](C)(C)C)[C@@H](CO[Si](c3ccccc3)(c3ccccc3)C(C)(C)C)OC(OC(=N)C(Cl)(Cl)Cl)[C@@H]2OC(=O)CCC(C)=O)cc1. The van der Waals surface area contributed by atoms with E-state index in [1.807, 2.05) is 48.5 Å². The monoisotopic (exact) mass is 909 g/mol. The zero-order chi connectivity index (χ0) is 43.4. The third-order valence-electron chi connectivity index (χ3n) is 9.85. The van der Waals surface area contributed by atoms with Gasteiger partial charge >= 0.3 is 5.97 Å². The van der Waals surface area contributed by atoms with E-state index in [-0.39, 0.29) is 38.6 Å². The fourth-order valence-corrected chi connectivity index (χ4v) is 12.2. The largest absolute Gasteiger partial charge is 0.497 e. The van der Waals surface area contributed by atoms with Gasteiger partial charge in [0.2, 0.25) is 12.2 Å². The number of nitrogens with one attached hydrogen (secondary N) is 1. The highest BCUT2D eigenvalue weighted by atomic mass is 35.6. The van der Waals surface area contributed by atoms with E-state index < -0.39 is 67.8 Å². The van der Waals surface area contributed by atoms with Gasteiger partial charge in [-0.1, -0.05) is 148 Å². The summed E-state index contributed by atoms with van der Waals surface area (Å²) in [5, 5.41) is 10.2. The van der Waals surface area contributed by atoms with Crippen molar-refractivity contribution in [2.45, 2.75) is 112 Å². The summed E-state index contributed by atoms with van der Waals surface area (Å²) >= 11 is 18.4. The lowest BCUT2D eigenvalue weighted by atomic mass is 9.98. The van der Waals surface area contributed by atoms with E-state index in [1.54, 1.807) is 19.2 Å². The van der Waals surface area contributed by atoms with Gasteiger partial charge in [-0.25, -0.2) is 0 Å². The van der Waals surface area contributed by atoms with Crippen molar-refractivity contribution in [2.75, 3.05) is 27.1 Å². The van der Waals surface area contributed by atoms with Gasteiger partial charge in [-0.05, 0) is 46.1 Å². The predicted molar refractivity (Wildman–Crippen MR) is 237 cm³/mol. The molecule has 11 nitrogen and oxygen atoms in total.